The average Bonchev–Trinajstić information content (AvgIpc) is 2.39. The molecule has 1 amide bonds. The summed E-state index contributed by atoms with van der Waals surface area (Å²) in [5.41, 5.74) is 6.17. The van der Waals surface area contributed by atoms with Gasteiger partial charge < -0.3 is 10.6 Å². The van der Waals surface area contributed by atoms with Gasteiger partial charge in [0.2, 0.25) is 5.91 Å². The summed E-state index contributed by atoms with van der Waals surface area (Å²) in [6.45, 7) is 5.36. The quantitative estimate of drug-likeness (QED) is 0.911. The van der Waals surface area contributed by atoms with Crippen LogP contribution >= 0.6 is 24.0 Å². The number of nitrogens with zero attached hydrogens (tertiary/aromatic N) is 1. The summed E-state index contributed by atoms with van der Waals surface area (Å²) in [6, 6.07) is 7.79. The van der Waals surface area contributed by atoms with Crippen molar-refractivity contribution in [3.63, 3.8) is 0 Å². The summed E-state index contributed by atoms with van der Waals surface area (Å²) < 4.78 is 0. The lowest BCUT2D eigenvalue weighted by atomic mass is 9.82. The summed E-state index contributed by atoms with van der Waals surface area (Å²) in [4.78, 5) is 14.6. The number of carbonyl (C=O) groups excluding carboxylic acids is 1. The monoisotopic (exact) mass is 316 g/mol. The molecular weight excluding hydrogens is 295 g/mol. The Hall–Kier alpha value is -0.770. The molecule has 0 radical (unpaired) electrons. The Morgan fingerprint density at radius 3 is 2.40 bits per heavy atom. The van der Waals surface area contributed by atoms with E-state index in [1.165, 1.54) is 0 Å². The summed E-state index contributed by atoms with van der Waals surface area (Å²) in [7, 11) is 0. The van der Waals surface area contributed by atoms with Crippen molar-refractivity contribution in [2.45, 2.75) is 38.1 Å². The van der Waals surface area contributed by atoms with Crippen molar-refractivity contribution in [3.05, 3.63) is 34.9 Å². The van der Waals surface area contributed by atoms with Crippen molar-refractivity contribution in [3.8, 4) is 0 Å². The maximum Gasteiger partial charge on any atom is 0.232 e. The average molecular weight is 317 g/mol. The second kappa shape index (κ2) is 6.79. The highest BCUT2D eigenvalue weighted by Crippen LogP contribution is 2.32. The lowest BCUT2D eigenvalue weighted by Crippen LogP contribution is -2.49. The summed E-state index contributed by atoms with van der Waals surface area (Å²) >= 11 is 6.22. The zero-order valence-electron chi connectivity index (χ0n) is 11.9. The van der Waals surface area contributed by atoms with Gasteiger partial charge in [-0.25, -0.2) is 0 Å². The molecule has 112 valence electrons. The summed E-state index contributed by atoms with van der Waals surface area (Å²) in [5, 5.41) is 0.648. The minimum absolute atomic E-state index is 0. The zero-order chi connectivity index (χ0) is 14.0. The molecule has 0 aliphatic carbocycles. The van der Waals surface area contributed by atoms with Gasteiger partial charge in [-0.2, -0.15) is 0 Å². The third-order valence-corrected chi connectivity index (χ3v) is 4.24. The van der Waals surface area contributed by atoms with Crippen LogP contribution in [-0.4, -0.2) is 29.9 Å². The van der Waals surface area contributed by atoms with Crippen LogP contribution in [-0.2, 0) is 10.2 Å². The Kier molecular flexibility index (Phi) is 5.87. The third-order valence-electron chi connectivity index (χ3n) is 3.91. The van der Waals surface area contributed by atoms with Crippen LogP contribution < -0.4 is 5.73 Å². The van der Waals surface area contributed by atoms with Gasteiger partial charge in [0.15, 0.2) is 0 Å². The van der Waals surface area contributed by atoms with Crippen LogP contribution in [0, 0.1) is 0 Å². The topological polar surface area (TPSA) is 46.3 Å². The number of likely N-dealkylation sites (tertiary alicyclic amines) is 1. The Labute approximate surface area is 131 Å². The van der Waals surface area contributed by atoms with E-state index in [4.69, 9.17) is 17.3 Å². The van der Waals surface area contributed by atoms with Gasteiger partial charge in [0, 0.05) is 24.2 Å². The van der Waals surface area contributed by atoms with Gasteiger partial charge in [0.05, 0.1) is 5.41 Å². The van der Waals surface area contributed by atoms with Gasteiger partial charge in [0.1, 0.15) is 0 Å². The highest BCUT2D eigenvalue weighted by molar-refractivity contribution is 6.31. The fourth-order valence-electron chi connectivity index (χ4n) is 2.58. The standard InChI is InChI=1S/C15H21ClN2O.ClH/c1-15(2,12-5-3-4-6-13(12)16)14(19)18-9-7-11(17)8-10-18;/h3-6,11H,7-10,17H2,1-2H3;1H. The SMILES string of the molecule is CC(C)(C(=O)N1CCC(N)CC1)c1ccccc1Cl.Cl. The number of hydrogen-bond acceptors (Lipinski definition) is 2. The molecule has 1 fully saturated rings. The number of nitrogens with two attached hydrogens (primary N) is 1. The van der Waals surface area contributed by atoms with E-state index in [1.54, 1.807) is 0 Å². The molecular formula is C15H22Cl2N2O. The van der Waals surface area contributed by atoms with E-state index in [2.05, 4.69) is 0 Å². The molecule has 0 aromatic heterocycles. The van der Waals surface area contributed by atoms with Gasteiger partial charge in [0.25, 0.3) is 0 Å². The molecule has 2 N–H and O–H groups in total. The van der Waals surface area contributed by atoms with E-state index in [1.807, 2.05) is 43.0 Å². The van der Waals surface area contributed by atoms with E-state index in [0.717, 1.165) is 31.5 Å². The third kappa shape index (κ3) is 3.46. The second-order valence-electron chi connectivity index (χ2n) is 5.73. The Morgan fingerprint density at radius 1 is 1.30 bits per heavy atom. The molecule has 1 aliphatic heterocycles. The maximum atomic E-state index is 12.7. The van der Waals surface area contributed by atoms with Crippen molar-refractivity contribution >= 4 is 29.9 Å². The smallest absolute Gasteiger partial charge is 0.232 e. The first kappa shape index (κ1) is 17.3. The van der Waals surface area contributed by atoms with Gasteiger partial charge in [-0.05, 0) is 38.3 Å². The number of rotatable bonds is 2. The van der Waals surface area contributed by atoms with Crippen LogP contribution in [0.15, 0.2) is 24.3 Å². The number of piperidine rings is 1. The summed E-state index contributed by atoms with van der Waals surface area (Å²) in [6.07, 6.45) is 1.76. The Morgan fingerprint density at radius 2 is 1.85 bits per heavy atom. The first-order valence-electron chi connectivity index (χ1n) is 6.73. The highest BCUT2D eigenvalue weighted by Gasteiger charge is 2.36. The maximum absolute atomic E-state index is 12.7. The van der Waals surface area contributed by atoms with Crippen molar-refractivity contribution in [1.82, 2.24) is 4.90 Å². The molecule has 0 unspecified atom stereocenters. The lowest BCUT2D eigenvalue weighted by Gasteiger charge is -2.36. The van der Waals surface area contributed by atoms with E-state index >= 15 is 0 Å². The molecule has 0 bridgehead atoms. The molecule has 5 heteroatoms. The predicted molar refractivity (Wildman–Crippen MR) is 85.5 cm³/mol. The van der Waals surface area contributed by atoms with Crippen LogP contribution in [0.2, 0.25) is 5.02 Å². The van der Waals surface area contributed by atoms with E-state index in [9.17, 15) is 4.79 Å². The van der Waals surface area contributed by atoms with Gasteiger partial charge in [-0.1, -0.05) is 29.8 Å². The predicted octanol–water partition coefficient (Wildman–Crippen LogP) is 2.99. The number of halogens is 2. The minimum atomic E-state index is -0.597. The molecule has 0 atom stereocenters. The molecule has 1 aromatic rings. The molecule has 1 saturated heterocycles. The normalized spacial score (nSPS) is 16.7. The first-order chi connectivity index (χ1) is 8.93. The molecule has 1 heterocycles. The molecule has 1 aliphatic rings. The molecule has 0 spiro atoms. The van der Waals surface area contributed by atoms with E-state index in [-0.39, 0.29) is 24.4 Å². The summed E-state index contributed by atoms with van der Waals surface area (Å²) in [5.74, 6) is 0.132. The van der Waals surface area contributed by atoms with Gasteiger partial charge in [-0.15, -0.1) is 12.4 Å². The van der Waals surface area contributed by atoms with Crippen LogP contribution in [0.3, 0.4) is 0 Å². The largest absolute Gasteiger partial charge is 0.342 e. The van der Waals surface area contributed by atoms with Crippen LogP contribution in [0.5, 0.6) is 0 Å². The van der Waals surface area contributed by atoms with Crippen molar-refractivity contribution in [2.75, 3.05) is 13.1 Å². The number of benzene rings is 1. The van der Waals surface area contributed by atoms with E-state index in [0.29, 0.717) is 5.02 Å². The van der Waals surface area contributed by atoms with Crippen molar-refractivity contribution in [2.24, 2.45) is 5.73 Å². The number of amides is 1. The molecule has 0 saturated carbocycles. The first-order valence-corrected chi connectivity index (χ1v) is 7.10. The highest BCUT2D eigenvalue weighted by atomic mass is 35.5. The molecule has 1 aromatic carbocycles. The van der Waals surface area contributed by atoms with Crippen molar-refractivity contribution < 1.29 is 4.79 Å². The number of carbonyl (C=O) groups is 1. The van der Waals surface area contributed by atoms with Crippen LogP contribution in [0.4, 0.5) is 0 Å². The van der Waals surface area contributed by atoms with Gasteiger partial charge >= 0.3 is 0 Å². The molecule has 3 nitrogen and oxygen atoms in total. The minimum Gasteiger partial charge on any atom is -0.342 e. The zero-order valence-corrected chi connectivity index (χ0v) is 13.5. The van der Waals surface area contributed by atoms with Crippen LogP contribution in [0.1, 0.15) is 32.3 Å². The molecule has 20 heavy (non-hydrogen) atoms. The van der Waals surface area contributed by atoms with Gasteiger partial charge in [-0.3, -0.25) is 4.79 Å². The lowest BCUT2D eigenvalue weighted by molar-refractivity contribution is -0.137. The number of hydrogen-bond donors (Lipinski definition) is 1. The van der Waals surface area contributed by atoms with Crippen molar-refractivity contribution in [1.29, 1.82) is 0 Å². The Balaban J connectivity index is 0.00000200. The van der Waals surface area contributed by atoms with Crippen LogP contribution in [0.25, 0.3) is 0 Å². The second-order valence-corrected chi connectivity index (χ2v) is 6.14. The fourth-order valence-corrected chi connectivity index (χ4v) is 2.95. The van der Waals surface area contributed by atoms with E-state index < -0.39 is 5.41 Å². The fraction of sp³-hybridized carbons (Fsp3) is 0.533. The molecule has 2 rings (SSSR count). The Bertz CT molecular complexity index is 469.